The van der Waals surface area contributed by atoms with Gasteiger partial charge in [-0.15, -0.1) is 10.2 Å². The van der Waals surface area contributed by atoms with Gasteiger partial charge in [0.2, 0.25) is 5.82 Å². The molecule has 0 fully saturated rings. The van der Waals surface area contributed by atoms with Crippen molar-refractivity contribution < 1.29 is 0 Å². The van der Waals surface area contributed by atoms with E-state index in [4.69, 9.17) is 0 Å². The van der Waals surface area contributed by atoms with Crippen LogP contribution in [-0.4, -0.2) is 29.8 Å². The number of hydrogen-bond donors (Lipinski definition) is 1. The van der Waals surface area contributed by atoms with Gasteiger partial charge in [-0.3, -0.25) is 9.13 Å². The number of aryl methyl sites for hydroxylation is 1. The highest BCUT2D eigenvalue weighted by atomic mass is 16.1. The van der Waals surface area contributed by atoms with E-state index >= 15 is 0 Å². The third-order valence-corrected chi connectivity index (χ3v) is 5.27. The molecular formula is C24H26N6O. The average Bonchev–Trinajstić information content (AvgIpc) is 3.43. The van der Waals surface area contributed by atoms with Gasteiger partial charge in [0, 0.05) is 30.4 Å². The van der Waals surface area contributed by atoms with Gasteiger partial charge >= 0.3 is 5.69 Å². The van der Waals surface area contributed by atoms with Crippen molar-refractivity contribution in [3.63, 3.8) is 0 Å². The maximum atomic E-state index is 12.9. The summed E-state index contributed by atoms with van der Waals surface area (Å²) in [6.45, 7) is 5.37. The van der Waals surface area contributed by atoms with E-state index in [1.54, 1.807) is 0 Å². The first-order valence-electron chi connectivity index (χ1n) is 10.5. The largest absolute Gasteiger partial charge is 0.328 e. The fourth-order valence-electron chi connectivity index (χ4n) is 3.73. The first kappa shape index (κ1) is 20.5. The quantitative estimate of drug-likeness (QED) is 0.441. The van der Waals surface area contributed by atoms with Crippen molar-refractivity contribution in [3.8, 4) is 22.5 Å². The van der Waals surface area contributed by atoms with Crippen molar-refractivity contribution in [3.05, 3.63) is 88.6 Å². The number of tetrazole rings is 1. The summed E-state index contributed by atoms with van der Waals surface area (Å²) in [4.78, 5) is 12.9. The predicted molar refractivity (Wildman–Crippen MR) is 122 cm³/mol. The van der Waals surface area contributed by atoms with Gasteiger partial charge in [0.1, 0.15) is 0 Å². The number of rotatable bonds is 8. The molecule has 4 aromatic rings. The van der Waals surface area contributed by atoms with Crippen LogP contribution in [0.4, 0.5) is 0 Å². The van der Waals surface area contributed by atoms with E-state index in [0.717, 1.165) is 47.3 Å². The van der Waals surface area contributed by atoms with Crippen LogP contribution in [0.15, 0.2) is 71.7 Å². The lowest BCUT2D eigenvalue weighted by Gasteiger charge is -2.09. The second-order valence-corrected chi connectivity index (χ2v) is 7.43. The minimum absolute atomic E-state index is 0.0490. The normalized spacial score (nSPS) is 11.4. The lowest BCUT2D eigenvalue weighted by molar-refractivity contribution is 0.621. The van der Waals surface area contributed by atoms with Gasteiger partial charge in [-0.1, -0.05) is 67.6 Å². The lowest BCUT2D eigenvalue weighted by atomic mass is 9.98. The Labute approximate surface area is 181 Å². The summed E-state index contributed by atoms with van der Waals surface area (Å²) in [6.07, 6.45) is 7.77. The van der Waals surface area contributed by atoms with E-state index in [2.05, 4.69) is 57.9 Å². The minimum atomic E-state index is 0.0490. The highest BCUT2D eigenvalue weighted by Gasteiger charge is 2.13. The zero-order chi connectivity index (χ0) is 21.6. The van der Waals surface area contributed by atoms with Gasteiger partial charge in [0.05, 0.1) is 6.54 Å². The van der Waals surface area contributed by atoms with Crippen LogP contribution >= 0.6 is 0 Å². The lowest BCUT2D eigenvalue weighted by Crippen LogP contribution is -2.25. The number of aromatic nitrogens is 6. The number of benzene rings is 2. The van der Waals surface area contributed by atoms with E-state index in [-0.39, 0.29) is 5.69 Å². The molecule has 2 aromatic carbocycles. The van der Waals surface area contributed by atoms with Gasteiger partial charge in [-0.05, 0) is 35.2 Å². The maximum absolute atomic E-state index is 12.9. The molecule has 0 aliphatic rings. The standard InChI is InChI=1S/C24H26N6O/c1-3-5-8-20-17-29(15-4-2)24(31)30(20)16-18-11-13-19(14-12-18)21-9-6-7-10-22(21)23-25-27-28-26-23/h3,5-7,9-14,17H,4,8,15-16H2,1-2H3,(H,25,26,27,28)/b5-3+. The van der Waals surface area contributed by atoms with E-state index in [0.29, 0.717) is 12.4 Å². The summed E-state index contributed by atoms with van der Waals surface area (Å²) < 4.78 is 3.69. The number of aromatic amines is 1. The molecule has 31 heavy (non-hydrogen) atoms. The fourth-order valence-corrected chi connectivity index (χ4v) is 3.73. The molecule has 0 aliphatic carbocycles. The Hall–Kier alpha value is -3.74. The number of nitrogens with one attached hydrogen (secondary N) is 1. The van der Waals surface area contributed by atoms with Gasteiger partial charge in [-0.2, -0.15) is 5.21 Å². The number of allylic oxidation sites excluding steroid dienone is 2. The second-order valence-electron chi connectivity index (χ2n) is 7.43. The molecule has 4 rings (SSSR count). The molecule has 0 saturated carbocycles. The van der Waals surface area contributed by atoms with Crippen LogP contribution in [0.25, 0.3) is 22.5 Å². The Balaban J connectivity index is 1.63. The maximum Gasteiger partial charge on any atom is 0.328 e. The Bertz CT molecular complexity index is 1220. The highest BCUT2D eigenvalue weighted by Crippen LogP contribution is 2.29. The zero-order valence-electron chi connectivity index (χ0n) is 17.8. The molecule has 0 aliphatic heterocycles. The molecular weight excluding hydrogens is 388 g/mol. The van der Waals surface area contributed by atoms with Crippen molar-refractivity contribution in [1.29, 1.82) is 0 Å². The molecule has 0 saturated heterocycles. The molecule has 7 heteroatoms. The molecule has 0 spiro atoms. The van der Waals surface area contributed by atoms with E-state index in [1.807, 2.05) is 52.6 Å². The summed E-state index contributed by atoms with van der Waals surface area (Å²) in [5.74, 6) is 0.567. The number of imidazole rings is 1. The van der Waals surface area contributed by atoms with Gasteiger partial charge < -0.3 is 0 Å². The van der Waals surface area contributed by atoms with Crippen molar-refractivity contribution in [1.82, 2.24) is 29.8 Å². The van der Waals surface area contributed by atoms with Crippen LogP contribution in [0.1, 0.15) is 31.5 Å². The summed E-state index contributed by atoms with van der Waals surface area (Å²) >= 11 is 0. The summed E-state index contributed by atoms with van der Waals surface area (Å²) in [7, 11) is 0. The van der Waals surface area contributed by atoms with Gasteiger partial charge in [0.25, 0.3) is 0 Å². The van der Waals surface area contributed by atoms with Gasteiger partial charge in [0.15, 0.2) is 0 Å². The molecule has 7 nitrogen and oxygen atoms in total. The predicted octanol–water partition coefficient (Wildman–Crippen LogP) is 4.07. The number of H-pyrrole nitrogens is 1. The second kappa shape index (κ2) is 9.38. The van der Waals surface area contributed by atoms with Gasteiger partial charge in [-0.25, -0.2) is 4.79 Å². The van der Waals surface area contributed by atoms with Crippen LogP contribution in [0.3, 0.4) is 0 Å². The van der Waals surface area contributed by atoms with Crippen molar-refractivity contribution in [2.75, 3.05) is 0 Å². The number of nitrogens with zero attached hydrogens (tertiary/aromatic N) is 5. The van der Waals surface area contributed by atoms with Crippen LogP contribution in [0.5, 0.6) is 0 Å². The molecule has 0 bridgehead atoms. The molecule has 0 unspecified atom stereocenters. The van der Waals surface area contributed by atoms with E-state index in [1.165, 1.54) is 0 Å². The molecule has 2 aromatic heterocycles. The molecule has 0 radical (unpaired) electrons. The van der Waals surface area contributed by atoms with Crippen LogP contribution in [0.2, 0.25) is 0 Å². The topological polar surface area (TPSA) is 81.4 Å². The van der Waals surface area contributed by atoms with Crippen LogP contribution in [0, 0.1) is 0 Å². The minimum Gasteiger partial charge on any atom is -0.299 e. The SMILES string of the molecule is C/C=C/Cc1cn(CCC)c(=O)n1Cc1ccc(-c2ccccc2-c2nn[nH]n2)cc1. The first-order chi connectivity index (χ1) is 15.2. The molecule has 0 atom stereocenters. The third kappa shape index (κ3) is 4.40. The highest BCUT2D eigenvalue weighted by molar-refractivity contribution is 5.80. The Morgan fingerprint density at radius 3 is 2.52 bits per heavy atom. The van der Waals surface area contributed by atoms with Crippen molar-refractivity contribution in [2.45, 2.75) is 39.8 Å². The average molecular weight is 415 g/mol. The van der Waals surface area contributed by atoms with Crippen molar-refractivity contribution in [2.24, 2.45) is 0 Å². The summed E-state index contributed by atoms with van der Waals surface area (Å²) in [6, 6.07) is 16.3. The molecule has 1 N–H and O–H groups in total. The van der Waals surface area contributed by atoms with Crippen LogP contribution < -0.4 is 5.69 Å². The van der Waals surface area contributed by atoms with E-state index in [9.17, 15) is 4.79 Å². The summed E-state index contributed by atoms with van der Waals surface area (Å²) in [5, 5.41) is 14.4. The molecule has 0 amide bonds. The first-order valence-corrected chi connectivity index (χ1v) is 10.5. The Kier molecular flexibility index (Phi) is 6.21. The summed E-state index contributed by atoms with van der Waals surface area (Å²) in [5.41, 5.74) is 5.19. The van der Waals surface area contributed by atoms with Crippen LogP contribution in [-0.2, 0) is 19.5 Å². The Morgan fingerprint density at radius 2 is 1.84 bits per heavy atom. The molecule has 2 heterocycles. The fraction of sp³-hybridized carbons (Fsp3) is 0.250. The Morgan fingerprint density at radius 1 is 1.06 bits per heavy atom. The monoisotopic (exact) mass is 414 g/mol. The third-order valence-electron chi connectivity index (χ3n) is 5.27. The smallest absolute Gasteiger partial charge is 0.299 e. The molecule has 158 valence electrons. The van der Waals surface area contributed by atoms with E-state index < -0.39 is 0 Å². The van der Waals surface area contributed by atoms with Crippen molar-refractivity contribution >= 4 is 0 Å². The number of hydrogen-bond acceptors (Lipinski definition) is 4. The zero-order valence-corrected chi connectivity index (χ0v) is 17.8.